The molecule has 3 aromatic rings. The van der Waals surface area contributed by atoms with Gasteiger partial charge in [-0.2, -0.15) is 0 Å². The summed E-state index contributed by atoms with van der Waals surface area (Å²) in [6, 6.07) is 12.2. The van der Waals surface area contributed by atoms with Gasteiger partial charge in [0.15, 0.2) is 5.78 Å². The van der Waals surface area contributed by atoms with Gasteiger partial charge in [0.1, 0.15) is 5.75 Å². The van der Waals surface area contributed by atoms with Crippen LogP contribution in [0.1, 0.15) is 48.4 Å². The molecule has 0 aliphatic heterocycles. The third kappa shape index (κ3) is 3.96. The van der Waals surface area contributed by atoms with Gasteiger partial charge in [0.05, 0.1) is 11.1 Å². The van der Waals surface area contributed by atoms with E-state index in [0.29, 0.717) is 22.2 Å². The topological polar surface area (TPSA) is 68.5 Å². The van der Waals surface area contributed by atoms with Gasteiger partial charge in [-0.25, -0.2) is 0 Å². The first-order valence-corrected chi connectivity index (χ1v) is 13.4. The number of ketones is 1. The van der Waals surface area contributed by atoms with Gasteiger partial charge in [0, 0.05) is 22.3 Å². The first-order valence-electron chi connectivity index (χ1n) is 9.71. The molecular weight excluding hydrogens is 462 g/mol. The Morgan fingerprint density at radius 3 is 2.37 bits per heavy atom. The van der Waals surface area contributed by atoms with E-state index in [1.165, 1.54) is 6.92 Å². The molecular formula is C23H26BrNO4Si. The molecule has 7 heteroatoms. The second-order valence-electron chi connectivity index (χ2n) is 8.93. The van der Waals surface area contributed by atoms with Gasteiger partial charge in [0.2, 0.25) is 20.1 Å². The van der Waals surface area contributed by atoms with E-state index in [4.69, 9.17) is 4.43 Å². The molecule has 0 fully saturated rings. The molecule has 1 aromatic heterocycles. The Kier molecular flexibility index (Phi) is 5.73. The van der Waals surface area contributed by atoms with Crippen molar-refractivity contribution >= 4 is 46.8 Å². The quantitative estimate of drug-likeness (QED) is 0.342. The lowest BCUT2D eigenvalue weighted by atomic mass is 10.0. The molecule has 0 bridgehead atoms. The van der Waals surface area contributed by atoms with Crippen molar-refractivity contribution < 1.29 is 19.1 Å². The van der Waals surface area contributed by atoms with Gasteiger partial charge in [-0.05, 0) is 48.5 Å². The number of hydrogen-bond acceptors (Lipinski definition) is 4. The predicted molar refractivity (Wildman–Crippen MR) is 125 cm³/mol. The molecule has 5 nitrogen and oxygen atoms in total. The number of halogens is 1. The minimum Gasteiger partial charge on any atom is -0.543 e. The fourth-order valence-corrected chi connectivity index (χ4v) is 4.47. The summed E-state index contributed by atoms with van der Waals surface area (Å²) in [5, 5.41) is 11.3. The molecule has 0 saturated heterocycles. The minimum absolute atomic E-state index is 0.0203. The van der Waals surface area contributed by atoms with Crippen molar-refractivity contribution in [3.63, 3.8) is 0 Å². The van der Waals surface area contributed by atoms with E-state index >= 15 is 0 Å². The number of aromatic nitrogens is 1. The average Bonchev–Trinajstić information content (AvgIpc) is 2.91. The van der Waals surface area contributed by atoms with E-state index in [-0.39, 0.29) is 28.2 Å². The molecule has 0 saturated carbocycles. The average molecular weight is 488 g/mol. The lowest BCUT2D eigenvalue weighted by molar-refractivity contribution is 0.0933. The van der Waals surface area contributed by atoms with E-state index in [0.717, 1.165) is 9.04 Å². The Balaban J connectivity index is 2.11. The van der Waals surface area contributed by atoms with Crippen LogP contribution in [0, 0.1) is 0 Å². The van der Waals surface area contributed by atoms with E-state index in [1.54, 1.807) is 36.4 Å². The first-order chi connectivity index (χ1) is 13.8. The summed E-state index contributed by atoms with van der Waals surface area (Å²) in [5.41, 5.74) is 0.982. The molecule has 1 heterocycles. The smallest absolute Gasteiger partial charge is 0.250 e. The molecule has 1 N–H and O–H groups in total. The predicted octanol–water partition coefficient (Wildman–Crippen LogP) is 6.38. The van der Waals surface area contributed by atoms with Crippen molar-refractivity contribution in [3.05, 3.63) is 58.1 Å². The summed E-state index contributed by atoms with van der Waals surface area (Å²) in [6.45, 7) is 12.1. The van der Waals surface area contributed by atoms with Crippen LogP contribution in [-0.4, -0.2) is 29.7 Å². The number of carbonyl (C=O) groups excluding carboxylic acids is 2. The van der Waals surface area contributed by atoms with Crippen LogP contribution in [0.5, 0.6) is 11.6 Å². The van der Waals surface area contributed by atoms with Crippen LogP contribution in [0.4, 0.5) is 0 Å². The van der Waals surface area contributed by atoms with Gasteiger partial charge in [-0.3, -0.25) is 14.2 Å². The zero-order chi connectivity index (χ0) is 22.4. The third-order valence-corrected chi connectivity index (χ3v) is 10.6. The van der Waals surface area contributed by atoms with E-state index in [2.05, 4.69) is 49.8 Å². The van der Waals surface area contributed by atoms with E-state index in [1.807, 2.05) is 6.07 Å². The molecule has 30 heavy (non-hydrogen) atoms. The van der Waals surface area contributed by atoms with Crippen LogP contribution < -0.4 is 4.43 Å². The molecule has 0 atom stereocenters. The summed E-state index contributed by atoms with van der Waals surface area (Å²) < 4.78 is 8.24. The molecule has 0 aliphatic rings. The Bertz CT molecular complexity index is 1160. The zero-order valence-corrected chi connectivity index (χ0v) is 20.6. The van der Waals surface area contributed by atoms with Crippen molar-refractivity contribution in [2.45, 2.75) is 45.8 Å². The maximum atomic E-state index is 13.4. The van der Waals surface area contributed by atoms with Crippen LogP contribution in [0.25, 0.3) is 10.9 Å². The van der Waals surface area contributed by atoms with Gasteiger partial charge in [-0.15, -0.1) is 0 Å². The van der Waals surface area contributed by atoms with Crippen LogP contribution in [0.3, 0.4) is 0 Å². The maximum Gasteiger partial charge on any atom is 0.250 e. The van der Waals surface area contributed by atoms with Crippen molar-refractivity contribution in [2.75, 3.05) is 0 Å². The highest BCUT2D eigenvalue weighted by atomic mass is 79.9. The molecule has 3 rings (SSSR count). The van der Waals surface area contributed by atoms with E-state index < -0.39 is 8.32 Å². The summed E-state index contributed by atoms with van der Waals surface area (Å²) in [5.74, 6) is -0.454. The van der Waals surface area contributed by atoms with Crippen molar-refractivity contribution in [3.8, 4) is 11.6 Å². The molecule has 0 spiro atoms. The second-order valence-corrected chi connectivity index (χ2v) is 14.6. The zero-order valence-electron chi connectivity index (χ0n) is 18.0. The Labute approximate surface area is 185 Å². The van der Waals surface area contributed by atoms with Crippen LogP contribution in [0.15, 0.2) is 46.9 Å². The lowest BCUT2D eigenvalue weighted by Crippen LogP contribution is -2.43. The molecule has 0 unspecified atom stereocenters. The number of benzene rings is 2. The largest absolute Gasteiger partial charge is 0.543 e. The van der Waals surface area contributed by atoms with Gasteiger partial charge < -0.3 is 9.53 Å². The number of rotatable bonds is 4. The van der Waals surface area contributed by atoms with Crippen molar-refractivity contribution in [1.82, 2.24) is 4.57 Å². The molecule has 0 radical (unpaired) electrons. The Hall–Kier alpha value is -2.38. The normalized spacial score (nSPS) is 12.2. The number of fused-ring (bicyclic) bond motifs is 1. The monoisotopic (exact) mass is 487 g/mol. The summed E-state index contributed by atoms with van der Waals surface area (Å²) in [6.07, 6.45) is 0. The van der Waals surface area contributed by atoms with Gasteiger partial charge in [0.25, 0.3) is 0 Å². The van der Waals surface area contributed by atoms with Gasteiger partial charge >= 0.3 is 0 Å². The summed E-state index contributed by atoms with van der Waals surface area (Å²) >= 11 is 3.40. The standard InChI is InChI=1S/C23H26BrNO4Si/c1-14(26)25-19-11-10-16(24)13-18(19)20(22(25)28)21(27)15-8-7-9-17(12-15)29-30(5,6)23(2,3)4/h7-13,28H,1-6H3. The van der Waals surface area contributed by atoms with Crippen LogP contribution >= 0.6 is 15.9 Å². The number of hydrogen-bond donors (Lipinski definition) is 1. The Morgan fingerprint density at radius 1 is 1.10 bits per heavy atom. The van der Waals surface area contributed by atoms with E-state index in [9.17, 15) is 14.7 Å². The molecule has 0 aliphatic carbocycles. The third-order valence-electron chi connectivity index (χ3n) is 5.72. The highest BCUT2D eigenvalue weighted by molar-refractivity contribution is 9.10. The van der Waals surface area contributed by atoms with Crippen LogP contribution in [-0.2, 0) is 0 Å². The number of nitrogens with zero attached hydrogens (tertiary/aromatic N) is 1. The summed E-state index contributed by atoms with van der Waals surface area (Å²) in [4.78, 5) is 25.5. The fourth-order valence-electron chi connectivity index (χ4n) is 3.09. The molecule has 158 valence electrons. The minimum atomic E-state index is -2.07. The highest BCUT2D eigenvalue weighted by Gasteiger charge is 2.39. The molecule has 0 amide bonds. The van der Waals surface area contributed by atoms with Gasteiger partial charge in [-0.1, -0.05) is 48.8 Å². The van der Waals surface area contributed by atoms with Crippen molar-refractivity contribution in [1.29, 1.82) is 0 Å². The maximum absolute atomic E-state index is 13.4. The Morgan fingerprint density at radius 2 is 1.77 bits per heavy atom. The highest BCUT2D eigenvalue weighted by Crippen LogP contribution is 2.38. The van der Waals surface area contributed by atoms with Crippen LogP contribution in [0.2, 0.25) is 18.1 Å². The lowest BCUT2D eigenvalue weighted by Gasteiger charge is -2.36. The first kappa shape index (κ1) is 22.3. The summed E-state index contributed by atoms with van der Waals surface area (Å²) in [7, 11) is -2.07. The number of carbonyl (C=O) groups is 2. The van der Waals surface area contributed by atoms with Crippen molar-refractivity contribution in [2.24, 2.45) is 0 Å². The fraction of sp³-hybridized carbons (Fsp3) is 0.304. The SMILES string of the molecule is CC(=O)n1c(O)c(C(=O)c2cccc(O[Si](C)(C)C(C)(C)C)c2)c2cc(Br)ccc21. The number of aromatic hydroxyl groups is 1. The second kappa shape index (κ2) is 7.70. The molecule has 2 aromatic carbocycles.